The molecule has 1 atom stereocenters. The van der Waals surface area contributed by atoms with Crippen molar-refractivity contribution in [3.8, 4) is 12.3 Å². The van der Waals surface area contributed by atoms with Crippen LogP contribution in [0.4, 0.5) is 0 Å². The Kier molecular flexibility index (Phi) is 5.66. The van der Waals surface area contributed by atoms with Crippen LogP contribution in [0.5, 0.6) is 0 Å². The van der Waals surface area contributed by atoms with Crippen LogP contribution in [0.1, 0.15) is 32.6 Å². The smallest absolute Gasteiger partial charge is 0.237 e. The first kappa shape index (κ1) is 12.8. The molecule has 0 aliphatic heterocycles. The van der Waals surface area contributed by atoms with E-state index in [1.165, 1.54) is 24.8 Å². The molecule has 1 aliphatic rings. The molecule has 0 fully saturated rings. The van der Waals surface area contributed by atoms with E-state index in [1.807, 2.05) is 6.92 Å². The number of carbonyl (C=O) groups excluding carboxylic acids is 1. The first-order chi connectivity index (χ1) is 7.74. The monoisotopic (exact) mass is 220 g/mol. The highest BCUT2D eigenvalue weighted by Crippen LogP contribution is 2.19. The third kappa shape index (κ3) is 4.50. The normalized spacial score (nSPS) is 16.4. The van der Waals surface area contributed by atoms with Crippen molar-refractivity contribution in [2.24, 2.45) is 0 Å². The summed E-state index contributed by atoms with van der Waals surface area (Å²) in [7, 11) is 0. The van der Waals surface area contributed by atoms with E-state index in [9.17, 15) is 4.79 Å². The van der Waals surface area contributed by atoms with Crippen molar-refractivity contribution >= 4 is 5.91 Å². The van der Waals surface area contributed by atoms with Gasteiger partial charge in [0.2, 0.25) is 5.91 Å². The van der Waals surface area contributed by atoms with Gasteiger partial charge in [0, 0.05) is 0 Å². The first-order valence-corrected chi connectivity index (χ1v) is 5.86. The van der Waals surface area contributed by atoms with Gasteiger partial charge < -0.3 is 10.6 Å². The van der Waals surface area contributed by atoms with Crippen LogP contribution in [-0.4, -0.2) is 25.0 Å². The van der Waals surface area contributed by atoms with Gasteiger partial charge in [-0.3, -0.25) is 4.79 Å². The van der Waals surface area contributed by atoms with Crippen molar-refractivity contribution in [2.75, 3.05) is 13.1 Å². The van der Waals surface area contributed by atoms with Crippen molar-refractivity contribution in [1.82, 2.24) is 10.6 Å². The van der Waals surface area contributed by atoms with Crippen LogP contribution in [0.15, 0.2) is 11.6 Å². The molecule has 2 N–H and O–H groups in total. The van der Waals surface area contributed by atoms with Crippen molar-refractivity contribution in [1.29, 1.82) is 0 Å². The molecular formula is C13H20N2O. The van der Waals surface area contributed by atoms with Gasteiger partial charge in [-0.2, -0.15) is 0 Å². The molecule has 0 saturated heterocycles. The molecule has 0 aromatic rings. The molecule has 88 valence electrons. The van der Waals surface area contributed by atoms with E-state index in [4.69, 9.17) is 6.42 Å². The van der Waals surface area contributed by atoms with Gasteiger partial charge >= 0.3 is 0 Å². The third-order valence-corrected chi connectivity index (χ3v) is 2.79. The van der Waals surface area contributed by atoms with Crippen LogP contribution in [0.3, 0.4) is 0 Å². The number of hydrogen-bond donors (Lipinski definition) is 2. The van der Waals surface area contributed by atoms with Gasteiger partial charge in [-0.25, -0.2) is 0 Å². The molecule has 3 heteroatoms. The molecule has 0 bridgehead atoms. The Morgan fingerprint density at radius 3 is 3.12 bits per heavy atom. The number of nitrogens with one attached hydrogen (secondary N) is 2. The molecule has 1 rings (SSSR count). The number of hydrogen-bond acceptors (Lipinski definition) is 2. The summed E-state index contributed by atoms with van der Waals surface area (Å²) in [4.78, 5) is 11.4. The standard InChI is InChI=1S/C13H20N2O/c1-3-9-15-13(16)11(2)14-10-8-12-6-4-5-7-12/h1,6,11,14H,4-5,7-10H2,2H3,(H,15,16). The minimum Gasteiger partial charge on any atom is -0.344 e. The summed E-state index contributed by atoms with van der Waals surface area (Å²) in [5.74, 6) is 2.36. The van der Waals surface area contributed by atoms with E-state index < -0.39 is 0 Å². The van der Waals surface area contributed by atoms with E-state index >= 15 is 0 Å². The van der Waals surface area contributed by atoms with Crippen LogP contribution in [-0.2, 0) is 4.79 Å². The molecule has 16 heavy (non-hydrogen) atoms. The van der Waals surface area contributed by atoms with Gasteiger partial charge in [-0.1, -0.05) is 17.6 Å². The molecule has 0 radical (unpaired) electrons. The second-order valence-electron chi connectivity index (χ2n) is 4.10. The average Bonchev–Trinajstić information content (AvgIpc) is 2.78. The maximum Gasteiger partial charge on any atom is 0.237 e. The molecule has 1 amide bonds. The zero-order valence-corrected chi connectivity index (χ0v) is 9.88. The van der Waals surface area contributed by atoms with Gasteiger partial charge in [0.25, 0.3) is 0 Å². The summed E-state index contributed by atoms with van der Waals surface area (Å²) < 4.78 is 0. The Morgan fingerprint density at radius 1 is 1.69 bits per heavy atom. The molecule has 0 saturated carbocycles. The lowest BCUT2D eigenvalue weighted by atomic mass is 10.1. The lowest BCUT2D eigenvalue weighted by molar-refractivity contribution is -0.122. The summed E-state index contributed by atoms with van der Waals surface area (Å²) in [6.45, 7) is 3.02. The van der Waals surface area contributed by atoms with E-state index in [2.05, 4.69) is 22.6 Å². The minimum absolute atomic E-state index is 0.0293. The summed E-state index contributed by atoms with van der Waals surface area (Å²) in [6, 6.07) is -0.171. The fourth-order valence-corrected chi connectivity index (χ4v) is 1.80. The highest BCUT2D eigenvalue weighted by Gasteiger charge is 2.11. The van der Waals surface area contributed by atoms with Crippen LogP contribution in [0, 0.1) is 12.3 Å². The highest BCUT2D eigenvalue weighted by atomic mass is 16.2. The topological polar surface area (TPSA) is 41.1 Å². The average molecular weight is 220 g/mol. The Balaban J connectivity index is 2.12. The van der Waals surface area contributed by atoms with Crippen LogP contribution < -0.4 is 10.6 Å². The van der Waals surface area contributed by atoms with Gasteiger partial charge in [-0.05, 0) is 39.2 Å². The molecule has 0 heterocycles. The summed E-state index contributed by atoms with van der Waals surface area (Å²) in [6.07, 6.45) is 12.1. The van der Waals surface area contributed by atoms with Crippen molar-refractivity contribution in [3.63, 3.8) is 0 Å². The lowest BCUT2D eigenvalue weighted by Gasteiger charge is -2.13. The lowest BCUT2D eigenvalue weighted by Crippen LogP contribution is -2.42. The highest BCUT2D eigenvalue weighted by molar-refractivity contribution is 5.81. The second kappa shape index (κ2) is 7.08. The molecule has 1 unspecified atom stereocenters. The van der Waals surface area contributed by atoms with Crippen LogP contribution in [0.25, 0.3) is 0 Å². The van der Waals surface area contributed by atoms with Crippen molar-refractivity contribution < 1.29 is 4.79 Å². The number of terminal acetylenes is 1. The Morgan fingerprint density at radius 2 is 2.50 bits per heavy atom. The summed E-state index contributed by atoms with van der Waals surface area (Å²) >= 11 is 0. The summed E-state index contributed by atoms with van der Waals surface area (Å²) in [5, 5.41) is 5.86. The number of carbonyl (C=O) groups is 1. The minimum atomic E-state index is -0.171. The Hall–Kier alpha value is -1.27. The molecule has 1 aliphatic carbocycles. The zero-order valence-electron chi connectivity index (χ0n) is 9.88. The number of allylic oxidation sites excluding steroid dienone is 1. The molecule has 3 nitrogen and oxygen atoms in total. The molecular weight excluding hydrogens is 200 g/mol. The van der Waals surface area contributed by atoms with E-state index in [0.717, 1.165) is 13.0 Å². The summed E-state index contributed by atoms with van der Waals surface area (Å²) in [5.41, 5.74) is 1.52. The molecule has 0 aromatic carbocycles. The van der Waals surface area contributed by atoms with Gasteiger partial charge in [-0.15, -0.1) is 6.42 Å². The quantitative estimate of drug-likeness (QED) is 0.522. The molecule has 0 aromatic heterocycles. The Labute approximate surface area is 97.7 Å². The third-order valence-electron chi connectivity index (χ3n) is 2.79. The van der Waals surface area contributed by atoms with E-state index in [1.54, 1.807) is 0 Å². The van der Waals surface area contributed by atoms with Crippen molar-refractivity contribution in [3.05, 3.63) is 11.6 Å². The SMILES string of the molecule is C#CCNC(=O)C(C)NCCC1=CCCC1. The van der Waals surface area contributed by atoms with E-state index in [0.29, 0.717) is 6.54 Å². The predicted molar refractivity (Wildman–Crippen MR) is 65.9 cm³/mol. The van der Waals surface area contributed by atoms with Crippen molar-refractivity contribution in [2.45, 2.75) is 38.6 Å². The molecule has 0 spiro atoms. The number of amides is 1. The first-order valence-electron chi connectivity index (χ1n) is 5.86. The predicted octanol–water partition coefficient (Wildman–Crippen LogP) is 1.21. The Bertz CT molecular complexity index is 302. The maximum atomic E-state index is 11.4. The second-order valence-corrected chi connectivity index (χ2v) is 4.10. The fraction of sp³-hybridized carbons (Fsp3) is 0.615. The van der Waals surface area contributed by atoms with Crippen LogP contribution in [0.2, 0.25) is 0 Å². The largest absolute Gasteiger partial charge is 0.344 e. The number of rotatable bonds is 6. The van der Waals surface area contributed by atoms with Gasteiger partial charge in [0.15, 0.2) is 0 Å². The van der Waals surface area contributed by atoms with E-state index in [-0.39, 0.29) is 11.9 Å². The zero-order chi connectivity index (χ0) is 11.8. The van der Waals surface area contributed by atoms with Crippen LogP contribution >= 0.6 is 0 Å². The fourth-order valence-electron chi connectivity index (χ4n) is 1.80. The maximum absolute atomic E-state index is 11.4. The van der Waals surface area contributed by atoms with Gasteiger partial charge in [0.1, 0.15) is 0 Å². The van der Waals surface area contributed by atoms with Gasteiger partial charge in [0.05, 0.1) is 12.6 Å².